The number of nitrogens with zero attached hydrogens (tertiary/aromatic N) is 4. The van der Waals surface area contributed by atoms with Crippen molar-refractivity contribution in [2.24, 2.45) is 7.05 Å². The molecule has 112 valence electrons. The molecule has 2 aromatic rings. The summed E-state index contributed by atoms with van der Waals surface area (Å²) in [6, 6.07) is 0.243. The fraction of sp³-hybridized carbons (Fsp3) is 0.643. The lowest BCUT2D eigenvalue weighted by Gasteiger charge is -2.19. The van der Waals surface area contributed by atoms with E-state index in [4.69, 9.17) is 4.74 Å². The Kier molecular flexibility index (Phi) is 3.19. The van der Waals surface area contributed by atoms with Gasteiger partial charge >= 0.3 is 0 Å². The molecule has 6 nitrogen and oxygen atoms in total. The average molecular weight is 305 g/mol. The van der Waals surface area contributed by atoms with Crippen LogP contribution in [0, 0.1) is 6.92 Å². The summed E-state index contributed by atoms with van der Waals surface area (Å²) >= 11 is 1.46. The molecule has 2 aliphatic rings. The quantitative estimate of drug-likeness (QED) is 0.939. The van der Waals surface area contributed by atoms with Crippen LogP contribution in [-0.4, -0.2) is 31.8 Å². The van der Waals surface area contributed by atoms with Gasteiger partial charge in [-0.05, 0) is 26.2 Å². The predicted octanol–water partition coefficient (Wildman–Crippen LogP) is 2.40. The number of anilines is 1. The summed E-state index contributed by atoms with van der Waals surface area (Å²) in [4.78, 5) is 4.61. The Hall–Kier alpha value is -1.47. The minimum Gasteiger partial charge on any atom is -0.371 e. The van der Waals surface area contributed by atoms with Crippen molar-refractivity contribution in [3.63, 3.8) is 0 Å². The number of aromatic nitrogens is 4. The Balaban J connectivity index is 1.51. The van der Waals surface area contributed by atoms with Crippen molar-refractivity contribution in [3.05, 3.63) is 23.3 Å². The Morgan fingerprint density at radius 3 is 2.95 bits per heavy atom. The number of nitrogens with one attached hydrogen (secondary N) is 1. The zero-order chi connectivity index (χ0) is 14.4. The maximum absolute atomic E-state index is 5.93. The monoisotopic (exact) mass is 305 g/mol. The Morgan fingerprint density at radius 1 is 1.38 bits per heavy atom. The third-order valence-corrected chi connectivity index (χ3v) is 5.02. The molecule has 1 aliphatic heterocycles. The van der Waals surface area contributed by atoms with Crippen LogP contribution in [0.15, 0.2) is 6.20 Å². The van der Waals surface area contributed by atoms with Gasteiger partial charge in [0, 0.05) is 42.4 Å². The molecule has 0 unspecified atom stereocenters. The first kappa shape index (κ1) is 13.2. The predicted molar refractivity (Wildman–Crippen MR) is 80.5 cm³/mol. The van der Waals surface area contributed by atoms with Gasteiger partial charge in [-0.25, -0.2) is 4.98 Å². The van der Waals surface area contributed by atoms with Crippen molar-refractivity contribution in [1.82, 2.24) is 19.1 Å². The molecule has 1 aliphatic carbocycles. The van der Waals surface area contributed by atoms with Crippen molar-refractivity contribution in [2.45, 2.75) is 44.2 Å². The van der Waals surface area contributed by atoms with Gasteiger partial charge in [-0.2, -0.15) is 9.47 Å². The fourth-order valence-corrected chi connectivity index (χ4v) is 3.51. The highest BCUT2D eigenvalue weighted by atomic mass is 32.1. The molecule has 2 atom stereocenters. The topological polar surface area (TPSA) is 64.9 Å². The molecule has 3 heterocycles. The molecular formula is C14H19N5OS. The minimum absolute atomic E-state index is 0.0481. The highest BCUT2D eigenvalue weighted by Crippen LogP contribution is 2.40. The van der Waals surface area contributed by atoms with Crippen LogP contribution < -0.4 is 5.32 Å². The van der Waals surface area contributed by atoms with Crippen LogP contribution in [0.5, 0.6) is 0 Å². The summed E-state index contributed by atoms with van der Waals surface area (Å²) in [5.41, 5.74) is 2.32. The van der Waals surface area contributed by atoms with Crippen LogP contribution in [0.25, 0.3) is 0 Å². The maximum atomic E-state index is 5.93. The minimum atomic E-state index is 0.0481. The van der Waals surface area contributed by atoms with Crippen molar-refractivity contribution in [1.29, 1.82) is 0 Å². The van der Waals surface area contributed by atoms with Gasteiger partial charge in [0.05, 0.1) is 12.2 Å². The van der Waals surface area contributed by atoms with Crippen LogP contribution in [0.4, 0.5) is 5.13 Å². The molecule has 1 saturated carbocycles. The van der Waals surface area contributed by atoms with E-state index in [-0.39, 0.29) is 12.1 Å². The van der Waals surface area contributed by atoms with Crippen molar-refractivity contribution >= 4 is 16.7 Å². The molecule has 0 aromatic carbocycles. The van der Waals surface area contributed by atoms with Crippen LogP contribution >= 0.6 is 11.5 Å². The smallest absolute Gasteiger partial charge is 0.202 e. The van der Waals surface area contributed by atoms with Gasteiger partial charge in [0.2, 0.25) is 5.13 Å². The van der Waals surface area contributed by atoms with Crippen molar-refractivity contribution < 1.29 is 4.74 Å². The van der Waals surface area contributed by atoms with Gasteiger partial charge < -0.3 is 10.1 Å². The van der Waals surface area contributed by atoms with Gasteiger partial charge in [0.1, 0.15) is 11.9 Å². The van der Waals surface area contributed by atoms with E-state index in [1.807, 2.05) is 17.9 Å². The first-order valence-corrected chi connectivity index (χ1v) is 8.20. The number of hydrogen-bond acceptors (Lipinski definition) is 6. The Labute approximate surface area is 127 Å². The summed E-state index contributed by atoms with van der Waals surface area (Å²) in [7, 11) is 1.96. The standard InChI is InChI=1S/C14H19N5OS/c1-8-10(7-15-19(8)2)12-11(5-6-20-12)16-14-17-13(18-21-14)9-3-4-9/h7,9,11-12H,3-6H2,1-2H3,(H,16,17,18)/t11-,12+/m0/s1. The molecule has 21 heavy (non-hydrogen) atoms. The second-order valence-corrected chi connectivity index (χ2v) is 6.62. The van der Waals surface area contributed by atoms with Gasteiger partial charge in [-0.15, -0.1) is 0 Å². The molecule has 0 radical (unpaired) electrons. The first-order valence-electron chi connectivity index (χ1n) is 7.42. The highest BCUT2D eigenvalue weighted by Gasteiger charge is 2.33. The van der Waals surface area contributed by atoms with Crippen LogP contribution in [0.1, 0.15) is 48.4 Å². The summed E-state index contributed by atoms with van der Waals surface area (Å²) < 4.78 is 12.3. The molecule has 2 fully saturated rings. The number of hydrogen-bond donors (Lipinski definition) is 1. The zero-order valence-electron chi connectivity index (χ0n) is 12.2. The van der Waals surface area contributed by atoms with E-state index >= 15 is 0 Å². The van der Waals surface area contributed by atoms with E-state index in [0.29, 0.717) is 5.92 Å². The van der Waals surface area contributed by atoms with Crippen LogP contribution in [0.3, 0.4) is 0 Å². The lowest BCUT2D eigenvalue weighted by atomic mass is 10.0. The fourth-order valence-electron chi connectivity index (χ4n) is 2.80. The second-order valence-electron chi connectivity index (χ2n) is 5.87. The van der Waals surface area contributed by atoms with Gasteiger partial charge in [0.25, 0.3) is 0 Å². The van der Waals surface area contributed by atoms with E-state index in [0.717, 1.165) is 29.7 Å². The van der Waals surface area contributed by atoms with Crippen LogP contribution in [-0.2, 0) is 11.8 Å². The van der Waals surface area contributed by atoms with E-state index < -0.39 is 0 Å². The Bertz CT molecular complexity index is 648. The number of aryl methyl sites for hydroxylation is 1. The summed E-state index contributed by atoms with van der Waals surface area (Å²) in [6.45, 7) is 2.85. The first-order chi connectivity index (χ1) is 10.2. The summed E-state index contributed by atoms with van der Waals surface area (Å²) in [5, 5.41) is 8.75. The lowest BCUT2D eigenvalue weighted by Crippen LogP contribution is -2.23. The third-order valence-electron chi connectivity index (χ3n) is 4.36. The van der Waals surface area contributed by atoms with E-state index in [1.165, 1.54) is 29.9 Å². The van der Waals surface area contributed by atoms with Crippen molar-refractivity contribution in [3.8, 4) is 0 Å². The molecule has 7 heteroatoms. The molecule has 0 bridgehead atoms. The molecular weight excluding hydrogens is 286 g/mol. The molecule has 4 rings (SSSR count). The molecule has 0 spiro atoms. The van der Waals surface area contributed by atoms with Crippen molar-refractivity contribution in [2.75, 3.05) is 11.9 Å². The summed E-state index contributed by atoms with van der Waals surface area (Å²) in [6.07, 6.45) is 5.42. The Morgan fingerprint density at radius 2 is 2.24 bits per heavy atom. The van der Waals surface area contributed by atoms with Gasteiger partial charge in [-0.3, -0.25) is 4.68 Å². The van der Waals surface area contributed by atoms with E-state index in [9.17, 15) is 0 Å². The molecule has 1 saturated heterocycles. The summed E-state index contributed by atoms with van der Waals surface area (Å²) in [5.74, 6) is 1.61. The maximum Gasteiger partial charge on any atom is 0.202 e. The SMILES string of the molecule is Cc1c([C@H]2OCC[C@@H]2Nc2nc(C3CC3)ns2)cnn1C. The van der Waals surface area contributed by atoms with E-state index in [1.54, 1.807) is 0 Å². The third kappa shape index (κ3) is 2.44. The molecule has 0 amide bonds. The molecule has 1 N–H and O–H groups in total. The van der Waals surface area contributed by atoms with Gasteiger partial charge in [-0.1, -0.05) is 0 Å². The molecule has 2 aromatic heterocycles. The van der Waals surface area contributed by atoms with E-state index in [2.05, 4.69) is 26.7 Å². The highest BCUT2D eigenvalue weighted by molar-refractivity contribution is 7.09. The zero-order valence-corrected chi connectivity index (χ0v) is 13.1. The normalized spacial score (nSPS) is 25.4. The number of ether oxygens (including phenoxy) is 1. The average Bonchev–Trinajstić information content (AvgIpc) is 2.90. The lowest BCUT2D eigenvalue weighted by molar-refractivity contribution is 0.107. The van der Waals surface area contributed by atoms with Gasteiger partial charge in [0.15, 0.2) is 0 Å². The second kappa shape index (κ2) is 5.06. The number of rotatable bonds is 4. The largest absolute Gasteiger partial charge is 0.371 e. The van der Waals surface area contributed by atoms with Crippen LogP contribution in [0.2, 0.25) is 0 Å².